The molecule has 7 heteroatoms. The Labute approximate surface area is 176 Å². The van der Waals surface area contributed by atoms with Gasteiger partial charge in [0.05, 0.1) is 18.4 Å². The number of ether oxygens (including phenoxy) is 1. The fourth-order valence-corrected chi connectivity index (χ4v) is 4.26. The highest BCUT2D eigenvalue weighted by molar-refractivity contribution is 7.98. The second-order valence-corrected chi connectivity index (χ2v) is 8.11. The summed E-state index contributed by atoms with van der Waals surface area (Å²) in [6, 6.07) is 12.4. The zero-order chi connectivity index (χ0) is 19.6. The number of benzene rings is 1. The molecule has 3 rings (SSSR count). The molecule has 28 heavy (non-hydrogen) atoms. The van der Waals surface area contributed by atoms with Gasteiger partial charge in [0.1, 0.15) is 5.75 Å². The summed E-state index contributed by atoms with van der Waals surface area (Å²) in [4.78, 5) is 4.35. The quantitative estimate of drug-likeness (QED) is 0.301. The molecule has 1 aromatic carbocycles. The lowest BCUT2D eigenvalue weighted by atomic mass is 9.96. The van der Waals surface area contributed by atoms with Gasteiger partial charge in [0, 0.05) is 23.6 Å². The van der Waals surface area contributed by atoms with Crippen LogP contribution in [0.2, 0.25) is 0 Å². The van der Waals surface area contributed by atoms with Crippen LogP contribution in [-0.2, 0) is 5.75 Å². The molecule has 0 atom stereocenters. The largest absolute Gasteiger partial charge is 0.496 e. The summed E-state index contributed by atoms with van der Waals surface area (Å²) < 4.78 is 5.49. The SMILES string of the molecule is COc1ccc(/C=N\NC(=S)NC2CCCCC2)cc1CSc1ccccn1. The first kappa shape index (κ1) is 20.6. The molecule has 0 radical (unpaired) electrons. The highest BCUT2D eigenvalue weighted by atomic mass is 32.2. The van der Waals surface area contributed by atoms with Gasteiger partial charge in [0.15, 0.2) is 5.11 Å². The Balaban J connectivity index is 1.55. The lowest BCUT2D eigenvalue weighted by molar-refractivity contribution is 0.411. The zero-order valence-corrected chi connectivity index (χ0v) is 17.7. The molecule has 1 aliphatic carbocycles. The number of thioether (sulfide) groups is 1. The number of hydrogen-bond acceptors (Lipinski definition) is 5. The first-order valence-corrected chi connectivity index (χ1v) is 10.9. The van der Waals surface area contributed by atoms with E-state index in [0.29, 0.717) is 11.2 Å². The lowest BCUT2D eigenvalue weighted by Gasteiger charge is -2.23. The minimum atomic E-state index is 0.472. The van der Waals surface area contributed by atoms with Crippen LogP contribution >= 0.6 is 24.0 Å². The third-order valence-electron chi connectivity index (χ3n) is 4.64. The van der Waals surface area contributed by atoms with Crippen molar-refractivity contribution in [2.24, 2.45) is 5.10 Å². The smallest absolute Gasteiger partial charge is 0.187 e. The van der Waals surface area contributed by atoms with Gasteiger partial charge in [-0.1, -0.05) is 25.3 Å². The van der Waals surface area contributed by atoms with Gasteiger partial charge in [-0.25, -0.2) is 4.98 Å². The molecule has 0 spiro atoms. The summed E-state index contributed by atoms with van der Waals surface area (Å²) in [5.74, 6) is 1.64. The van der Waals surface area contributed by atoms with Crippen molar-refractivity contribution in [1.82, 2.24) is 15.7 Å². The molecule has 2 N–H and O–H groups in total. The van der Waals surface area contributed by atoms with E-state index in [9.17, 15) is 0 Å². The van der Waals surface area contributed by atoms with Crippen LogP contribution in [-0.4, -0.2) is 29.5 Å². The van der Waals surface area contributed by atoms with Crippen molar-refractivity contribution in [1.29, 1.82) is 0 Å². The van der Waals surface area contributed by atoms with Gasteiger partial charge < -0.3 is 10.1 Å². The second kappa shape index (κ2) is 11.0. The van der Waals surface area contributed by atoms with Gasteiger partial charge >= 0.3 is 0 Å². The van der Waals surface area contributed by atoms with Crippen LogP contribution in [0.3, 0.4) is 0 Å². The molecule has 1 fully saturated rings. The summed E-state index contributed by atoms with van der Waals surface area (Å²) in [7, 11) is 1.69. The molecule has 148 valence electrons. The Morgan fingerprint density at radius 2 is 2.14 bits per heavy atom. The van der Waals surface area contributed by atoms with E-state index in [1.165, 1.54) is 32.1 Å². The van der Waals surface area contributed by atoms with Gasteiger partial charge in [0.25, 0.3) is 0 Å². The second-order valence-electron chi connectivity index (χ2n) is 6.71. The molecule has 0 saturated heterocycles. The van der Waals surface area contributed by atoms with Gasteiger partial charge in [-0.15, -0.1) is 11.8 Å². The number of rotatable bonds is 7. The minimum absolute atomic E-state index is 0.472. The number of thiocarbonyl (C=S) groups is 1. The molecule has 0 bridgehead atoms. The molecular formula is C21H26N4OS2. The van der Waals surface area contributed by atoms with E-state index in [2.05, 4.69) is 26.9 Å². The first-order valence-electron chi connectivity index (χ1n) is 9.55. The third-order valence-corrected chi connectivity index (χ3v) is 5.84. The number of hydrazone groups is 1. The van der Waals surface area contributed by atoms with Crippen LogP contribution in [0.5, 0.6) is 5.75 Å². The van der Waals surface area contributed by atoms with Crippen molar-refractivity contribution in [2.75, 3.05) is 7.11 Å². The van der Waals surface area contributed by atoms with Gasteiger partial charge in [-0.05, 0) is 61.0 Å². The number of pyridine rings is 1. The fourth-order valence-electron chi connectivity index (χ4n) is 3.21. The van der Waals surface area contributed by atoms with E-state index >= 15 is 0 Å². The van der Waals surface area contributed by atoms with Gasteiger partial charge in [0.2, 0.25) is 0 Å². The van der Waals surface area contributed by atoms with Gasteiger partial charge in [-0.3, -0.25) is 5.43 Å². The Hall–Kier alpha value is -2.12. The van der Waals surface area contributed by atoms with E-state index in [-0.39, 0.29) is 0 Å². The molecule has 1 aliphatic rings. The maximum atomic E-state index is 5.49. The fraction of sp³-hybridized carbons (Fsp3) is 0.381. The topological polar surface area (TPSA) is 58.5 Å². The van der Waals surface area contributed by atoms with Crippen molar-refractivity contribution in [3.05, 3.63) is 53.7 Å². The van der Waals surface area contributed by atoms with Crippen molar-refractivity contribution >= 4 is 35.3 Å². The highest BCUT2D eigenvalue weighted by Crippen LogP contribution is 2.27. The van der Waals surface area contributed by atoms with Crippen LogP contribution in [0.15, 0.2) is 52.7 Å². The summed E-state index contributed by atoms with van der Waals surface area (Å²) in [5, 5.41) is 9.21. The summed E-state index contributed by atoms with van der Waals surface area (Å²) in [6.07, 6.45) is 9.82. The summed E-state index contributed by atoms with van der Waals surface area (Å²) in [5.41, 5.74) is 5.02. The molecule has 2 aromatic rings. The Bertz CT molecular complexity index is 792. The molecule has 1 saturated carbocycles. The molecule has 0 amide bonds. The number of aromatic nitrogens is 1. The molecule has 0 aliphatic heterocycles. The van der Waals surface area contributed by atoms with Crippen LogP contribution in [0.25, 0.3) is 0 Å². The minimum Gasteiger partial charge on any atom is -0.496 e. The lowest BCUT2D eigenvalue weighted by Crippen LogP contribution is -2.40. The number of hydrogen-bond donors (Lipinski definition) is 2. The molecular weight excluding hydrogens is 388 g/mol. The van der Waals surface area contributed by atoms with Crippen molar-refractivity contribution in [2.45, 2.75) is 48.9 Å². The summed E-state index contributed by atoms with van der Waals surface area (Å²) in [6.45, 7) is 0. The third kappa shape index (κ3) is 6.49. The van der Waals surface area contributed by atoms with E-state index in [0.717, 1.165) is 27.7 Å². The summed E-state index contributed by atoms with van der Waals surface area (Å²) >= 11 is 7.02. The monoisotopic (exact) mass is 414 g/mol. The van der Waals surface area contributed by atoms with E-state index in [4.69, 9.17) is 17.0 Å². The standard InChI is InChI=1S/C21H26N4OS2/c1-26-19-11-10-16(13-17(19)15-28-20-9-5-6-12-22-20)14-23-25-21(27)24-18-7-3-2-4-8-18/h5-6,9-14,18H,2-4,7-8,15H2,1H3,(H2,24,25,27)/b23-14-. The zero-order valence-electron chi connectivity index (χ0n) is 16.1. The highest BCUT2D eigenvalue weighted by Gasteiger charge is 2.13. The normalized spacial score (nSPS) is 14.8. The molecule has 0 unspecified atom stereocenters. The Kier molecular flexibility index (Phi) is 8.11. The van der Waals surface area contributed by atoms with Crippen molar-refractivity contribution in [3.63, 3.8) is 0 Å². The van der Waals surface area contributed by atoms with Gasteiger partial charge in [-0.2, -0.15) is 5.10 Å². The van der Waals surface area contributed by atoms with Crippen LogP contribution in [0.1, 0.15) is 43.2 Å². The molecule has 5 nitrogen and oxygen atoms in total. The van der Waals surface area contributed by atoms with Crippen LogP contribution in [0.4, 0.5) is 0 Å². The van der Waals surface area contributed by atoms with Crippen molar-refractivity contribution < 1.29 is 4.74 Å². The Morgan fingerprint density at radius 3 is 2.89 bits per heavy atom. The maximum absolute atomic E-state index is 5.49. The number of nitrogens with one attached hydrogen (secondary N) is 2. The predicted molar refractivity (Wildman–Crippen MR) is 120 cm³/mol. The van der Waals surface area contributed by atoms with E-state index < -0.39 is 0 Å². The molecule has 1 heterocycles. The first-order chi connectivity index (χ1) is 13.7. The number of methoxy groups -OCH3 is 1. The van der Waals surface area contributed by atoms with Crippen molar-refractivity contribution in [3.8, 4) is 5.75 Å². The predicted octanol–water partition coefficient (Wildman–Crippen LogP) is 4.51. The van der Waals surface area contributed by atoms with E-state index in [1.54, 1.807) is 31.3 Å². The van der Waals surface area contributed by atoms with Crippen LogP contribution < -0.4 is 15.5 Å². The number of nitrogens with zero attached hydrogens (tertiary/aromatic N) is 2. The Morgan fingerprint density at radius 1 is 1.29 bits per heavy atom. The molecule has 1 aromatic heterocycles. The average molecular weight is 415 g/mol. The van der Waals surface area contributed by atoms with Crippen LogP contribution in [0, 0.1) is 0 Å². The van der Waals surface area contributed by atoms with E-state index in [1.807, 2.05) is 30.3 Å². The average Bonchev–Trinajstić information content (AvgIpc) is 2.74. The maximum Gasteiger partial charge on any atom is 0.187 e.